The van der Waals surface area contributed by atoms with Gasteiger partial charge in [0.15, 0.2) is 0 Å². The molecular weight excluding hydrogens is 234 g/mol. The fourth-order valence-electron chi connectivity index (χ4n) is 2.97. The van der Waals surface area contributed by atoms with Gasteiger partial charge in [0.25, 0.3) is 0 Å². The average Bonchev–Trinajstić information content (AvgIpc) is 2.59. The quantitative estimate of drug-likeness (QED) is 0.484. The molecule has 1 fully saturated rings. The first kappa shape index (κ1) is 16.3. The first-order valence-corrected chi connectivity index (χ1v) is 8.18. The van der Waals surface area contributed by atoms with Gasteiger partial charge in [0.2, 0.25) is 5.91 Å². The lowest BCUT2D eigenvalue weighted by molar-refractivity contribution is -0.123. The third-order valence-electron chi connectivity index (χ3n) is 4.28. The minimum atomic E-state index is 0.0389. The Kier molecular flexibility index (Phi) is 8.61. The predicted octanol–water partition coefficient (Wildman–Crippen LogP) is 4.46. The molecule has 0 radical (unpaired) electrons. The molecule has 19 heavy (non-hydrogen) atoms. The van der Waals surface area contributed by atoms with Crippen molar-refractivity contribution in [1.82, 2.24) is 5.32 Å². The van der Waals surface area contributed by atoms with Gasteiger partial charge in [0, 0.05) is 6.54 Å². The molecule has 0 bridgehead atoms. The van der Waals surface area contributed by atoms with E-state index in [0.717, 1.165) is 19.4 Å². The van der Waals surface area contributed by atoms with E-state index < -0.39 is 0 Å². The molecule has 0 aromatic heterocycles. The van der Waals surface area contributed by atoms with Crippen LogP contribution in [0.15, 0.2) is 12.7 Å². The predicted molar refractivity (Wildman–Crippen MR) is 82.0 cm³/mol. The highest BCUT2D eigenvalue weighted by atomic mass is 16.1. The number of hydrogen-bond donors (Lipinski definition) is 1. The lowest BCUT2D eigenvalue weighted by atomic mass is 9.89. The molecular formula is C17H31NO. The molecule has 1 heterocycles. The van der Waals surface area contributed by atoms with Crippen molar-refractivity contribution in [3.8, 4) is 0 Å². The van der Waals surface area contributed by atoms with E-state index in [-0.39, 0.29) is 11.8 Å². The van der Waals surface area contributed by atoms with Crippen molar-refractivity contribution in [2.75, 3.05) is 6.54 Å². The van der Waals surface area contributed by atoms with Crippen molar-refractivity contribution < 1.29 is 4.79 Å². The molecule has 0 spiro atoms. The van der Waals surface area contributed by atoms with Crippen LogP contribution in [0, 0.1) is 11.8 Å². The van der Waals surface area contributed by atoms with Gasteiger partial charge in [-0.3, -0.25) is 4.79 Å². The van der Waals surface area contributed by atoms with E-state index in [1.54, 1.807) is 0 Å². The maximum absolute atomic E-state index is 11.7. The van der Waals surface area contributed by atoms with Crippen molar-refractivity contribution in [1.29, 1.82) is 0 Å². The van der Waals surface area contributed by atoms with Crippen LogP contribution in [0.2, 0.25) is 0 Å². The third kappa shape index (κ3) is 6.79. The highest BCUT2D eigenvalue weighted by molar-refractivity contribution is 5.80. The Morgan fingerprint density at radius 3 is 2.58 bits per heavy atom. The van der Waals surface area contributed by atoms with Crippen molar-refractivity contribution in [2.45, 2.75) is 71.1 Å². The van der Waals surface area contributed by atoms with Gasteiger partial charge < -0.3 is 5.32 Å². The molecule has 0 saturated carbocycles. The van der Waals surface area contributed by atoms with Crippen LogP contribution in [-0.2, 0) is 4.79 Å². The van der Waals surface area contributed by atoms with Crippen molar-refractivity contribution in [2.24, 2.45) is 11.8 Å². The van der Waals surface area contributed by atoms with E-state index in [1.807, 2.05) is 6.08 Å². The van der Waals surface area contributed by atoms with E-state index in [1.165, 1.54) is 51.4 Å². The maximum Gasteiger partial charge on any atom is 0.226 e. The summed E-state index contributed by atoms with van der Waals surface area (Å²) in [7, 11) is 0. The fourth-order valence-corrected chi connectivity index (χ4v) is 2.97. The van der Waals surface area contributed by atoms with Crippen LogP contribution in [0.3, 0.4) is 0 Å². The Morgan fingerprint density at radius 1 is 1.21 bits per heavy atom. The van der Waals surface area contributed by atoms with Crippen LogP contribution in [0.25, 0.3) is 0 Å². The lowest BCUT2D eigenvalue weighted by Gasteiger charge is -2.15. The summed E-state index contributed by atoms with van der Waals surface area (Å²) in [6.45, 7) is 6.90. The lowest BCUT2D eigenvalue weighted by Crippen LogP contribution is -2.27. The van der Waals surface area contributed by atoms with Gasteiger partial charge in [0.05, 0.1) is 5.92 Å². The van der Waals surface area contributed by atoms with Crippen LogP contribution < -0.4 is 5.32 Å². The summed E-state index contributed by atoms with van der Waals surface area (Å²) >= 11 is 0. The normalized spacial score (nSPS) is 23.7. The summed E-state index contributed by atoms with van der Waals surface area (Å²) in [6.07, 6.45) is 14.8. The van der Waals surface area contributed by atoms with Crippen LogP contribution in [-0.4, -0.2) is 12.5 Å². The number of carbonyl (C=O) groups is 1. The largest absolute Gasteiger partial charge is 0.356 e. The van der Waals surface area contributed by atoms with Gasteiger partial charge >= 0.3 is 0 Å². The Labute approximate surface area is 119 Å². The molecule has 0 aromatic carbocycles. The van der Waals surface area contributed by atoms with Crippen molar-refractivity contribution in [3.05, 3.63) is 12.7 Å². The van der Waals surface area contributed by atoms with Crippen molar-refractivity contribution in [3.63, 3.8) is 0 Å². The van der Waals surface area contributed by atoms with E-state index in [0.29, 0.717) is 5.92 Å². The van der Waals surface area contributed by atoms with Gasteiger partial charge in [-0.2, -0.15) is 0 Å². The molecule has 110 valence electrons. The molecule has 1 aliphatic rings. The second-order valence-corrected chi connectivity index (χ2v) is 5.93. The number of unbranched alkanes of at least 4 members (excludes halogenated alkanes) is 6. The second kappa shape index (κ2) is 10.1. The zero-order valence-electron chi connectivity index (χ0n) is 12.6. The smallest absolute Gasteiger partial charge is 0.226 e. The minimum Gasteiger partial charge on any atom is -0.356 e. The fraction of sp³-hybridized carbons (Fsp3) is 0.824. The number of rotatable bonds is 9. The van der Waals surface area contributed by atoms with E-state index >= 15 is 0 Å². The topological polar surface area (TPSA) is 29.1 Å². The second-order valence-electron chi connectivity index (χ2n) is 5.93. The molecule has 1 rings (SSSR count). The summed E-state index contributed by atoms with van der Waals surface area (Å²) in [4.78, 5) is 11.7. The summed E-state index contributed by atoms with van der Waals surface area (Å²) in [5.41, 5.74) is 0. The van der Waals surface area contributed by atoms with E-state index in [4.69, 9.17) is 0 Å². The van der Waals surface area contributed by atoms with Crippen LogP contribution in [0.4, 0.5) is 0 Å². The standard InChI is InChI=1S/C17H31NO/c1-3-5-6-7-8-9-10-11-15-12-13-18-17(19)16(4-2)14-15/h4,15-16H,2-3,5-14H2,1H3,(H,18,19). The number of carbonyl (C=O) groups excluding carboxylic acids is 1. The van der Waals surface area contributed by atoms with Gasteiger partial charge in [-0.1, -0.05) is 64.4 Å². The Balaban J connectivity index is 2.11. The Bertz CT molecular complexity index is 262. The molecule has 1 N–H and O–H groups in total. The summed E-state index contributed by atoms with van der Waals surface area (Å²) < 4.78 is 0. The van der Waals surface area contributed by atoms with Gasteiger partial charge in [-0.05, 0) is 18.8 Å². The van der Waals surface area contributed by atoms with E-state index in [2.05, 4.69) is 18.8 Å². The zero-order chi connectivity index (χ0) is 13.9. The SMILES string of the molecule is C=CC1CC(CCCCCCCCC)CCNC1=O. The third-order valence-corrected chi connectivity index (χ3v) is 4.28. The Hall–Kier alpha value is -0.790. The molecule has 2 heteroatoms. The first-order chi connectivity index (χ1) is 9.27. The average molecular weight is 265 g/mol. The zero-order valence-corrected chi connectivity index (χ0v) is 12.6. The maximum atomic E-state index is 11.7. The highest BCUT2D eigenvalue weighted by Gasteiger charge is 2.23. The number of hydrogen-bond acceptors (Lipinski definition) is 1. The molecule has 2 nitrogen and oxygen atoms in total. The van der Waals surface area contributed by atoms with Gasteiger partial charge in [-0.25, -0.2) is 0 Å². The Morgan fingerprint density at radius 2 is 1.89 bits per heavy atom. The van der Waals surface area contributed by atoms with Crippen LogP contribution in [0.5, 0.6) is 0 Å². The molecule has 2 unspecified atom stereocenters. The molecule has 1 amide bonds. The van der Waals surface area contributed by atoms with Crippen LogP contribution in [0.1, 0.15) is 71.1 Å². The summed E-state index contributed by atoms with van der Waals surface area (Å²) in [6, 6.07) is 0. The van der Waals surface area contributed by atoms with Gasteiger partial charge in [0.1, 0.15) is 0 Å². The molecule has 1 saturated heterocycles. The van der Waals surface area contributed by atoms with Crippen molar-refractivity contribution >= 4 is 5.91 Å². The summed E-state index contributed by atoms with van der Waals surface area (Å²) in [5.74, 6) is 0.923. The summed E-state index contributed by atoms with van der Waals surface area (Å²) in [5, 5.41) is 2.99. The van der Waals surface area contributed by atoms with Crippen LogP contribution >= 0.6 is 0 Å². The van der Waals surface area contributed by atoms with Gasteiger partial charge in [-0.15, -0.1) is 6.58 Å². The monoisotopic (exact) mass is 265 g/mol. The highest BCUT2D eigenvalue weighted by Crippen LogP contribution is 2.25. The molecule has 0 aromatic rings. The first-order valence-electron chi connectivity index (χ1n) is 8.18. The number of amides is 1. The number of nitrogens with one attached hydrogen (secondary N) is 1. The van der Waals surface area contributed by atoms with E-state index in [9.17, 15) is 4.79 Å². The molecule has 0 aliphatic carbocycles. The molecule has 2 atom stereocenters. The molecule has 1 aliphatic heterocycles. The minimum absolute atomic E-state index is 0.0389.